The van der Waals surface area contributed by atoms with E-state index in [1.807, 2.05) is 0 Å². The van der Waals surface area contributed by atoms with Crippen LogP contribution in [0.15, 0.2) is 33.1 Å². The molecule has 1 aliphatic heterocycles. The number of amides is 2. The fourth-order valence-electron chi connectivity index (χ4n) is 2.83. The molecule has 0 aliphatic carbocycles. The van der Waals surface area contributed by atoms with Crippen LogP contribution in [0.4, 0.5) is 0 Å². The Labute approximate surface area is 169 Å². The number of rotatable bonds is 4. The fourth-order valence-corrected chi connectivity index (χ4v) is 5.70. The van der Waals surface area contributed by atoms with Crippen LogP contribution in [0.3, 0.4) is 0 Å². The number of aryl methyl sites for hydroxylation is 1. The van der Waals surface area contributed by atoms with Gasteiger partial charge >= 0.3 is 0 Å². The standard InChI is InChI=1S/C16H19BrN4O4S2/c1-20-10-11(27(24,25)21-7-3-2-4-8-21)9-12(20)15(22)18-19-16(23)13-5-6-14(17)26-13/h5-6,9-10H,2-4,7-8H2,1H3,(H,18,22)(H,19,23). The molecule has 2 aromatic rings. The van der Waals surface area contributed by atoms with Crippen LogP contribution in [0.2, 0.25) is 0 Å². The van der Waals surface area contributed by atoms with Crippen molar-refractivity contribution in [1.82, 2.24) is 19.7 Å². The molecule has 0 spiro atoms. The third-order valence-electron chi connectivity index (χ3n) is 4.25. The second-order valence-corrected chi connectivity index (χ2v) is 10.5. The van der Waals surface area contributed by atoms with Crippen molar-refractivity contribution >= 4 is 49.1 Å². The Kier molecular flexibility index (Phi) is 6.04. The van der Waals surface area contributed by atoms with Crippen molar-refractivity contribution in [2.24, 2.45) is 7.05 Å². The van der Waals surface area contributed by atoms with Gasteiger partial charge in [-0.1, -0.05) is 6.42 Å². The average molecular weight is 475 g/mol. The number of hydrogen-bond donors (Lipinski definition) is 2. The van der Waals surface area contributed by atoms with Gasteiger partial charge in [0.2, 0.25) is 10.0 Å². The van der Waals surface area contributed by atoms with Gasteiger partial charge in [-0.2, -0.15) is 4.31 Å². The van der Waals surface area contributed by atoms with Crippen molar-refractivity contribution in [1.29, 1.82) is 0 Å². The SMILES string of the molecule is Cn1cc(S(=O)(=O)N2CCCCC2)cc1C(=O)NNC(=O)c1ccc(Br)s1. The third kappa shape index (κ3) is 4.42. The van der Waals surface area contributed by atoms with E-state index in [0.717, 1.165) is 23.0 Å². The Morgan fingerprint density at radius 2 is 1.78 bits per heavy atom. The number of sulfonamides is 1. The molecule has 3 rings (SSSR count). The molecular weight excluding hydrogens is 456 g/mol. The Balaban J connectivity index is 1.70. The van der Waals surface area contributed by atoms with Crippen LogP contribution in [0.25, 0.3) is 0 Å². The molecule has 2 N–H and O–H groups in total. The molecule has 3 heterocycles. The van der Waals surface area contributed by atoms with E-state index < -0.39 is 21.8 Å². The summed E-state index contributed by atoms with van der Waals surface area (Å²) < 4.78 is 29.2. The number of nitrogens with one attached hydrogen (secondary N) is 2. The van der Waals surface area contributed by atoms with Gasteiger partial charge in [-0.3, -0.25) is 20.4 Å². The number of thiophene rings is 1. The second-order valence-electron chi connectivity index (χ2n) is 6.15. The molecule has 8 nitrogen and oxygen atoms in total. The summed E-state index contributed by atoms with van der Waals surface area (Å²) >= 11 is 4.50. The highest BCUT2D eigenvalue weighted by atomic mass is 79.9. The second kappa shape index (κ2) is 8.13. The lowest BCUT2D eigenvalue weighted by Gasteiger charge is -2.25. The molecular formula is C16H19BrN4O4S2. The molecule has 2 amide bonds. The molecule has 27 heavy (non-hydrogen) atoms. The van der Waals surface area contributed by atoms with Crippen molar-refractivity contribution in [3.8, 4) is 0 Å². The topological polar surface area (TPSA) is 101 Å². The number of piperidine rings is 1. The van der Waals surface area contributed by atoms with E-state index in [4.69, 9.17) is 0 Å². The Bertz CT molecular complexity index is 961. The van der Waals surface area contributed by atoms with Crippen molar-refractivity contribution in [3.05, 3.63) is 38.8 Å². The Morgan fingerprint density at radius 3 is 2.41 bits per heavy atom. The zero-order valence-electron chi connectivity index (χ0n) is 14.6. The molecule has 1 fully saturated rings. The highest BCUT2D eigenvalue weighted by molar-refractivity contribution is 9.11. The van der Waals surface area contributed by atoms with Crippen molar-refractivity contribution < 1.29 is 18.0 Å². The summed E-state index contributed by atoms with van der Waals surface area (Å²) in [5.41, 5.74) is 4.78. The molecule has 146 valence electrons. The van der Waals surface area contributed by atoms with Crippen molar-refractivity contribution in [2.75, 3.05) is 13.1 Å². The number of nitrogens with zero attached hydrogens (tertiary/aromatic N) is 2. The number of carbonyl (C=O) groups is 2. The normalized spacial score (nSPS) is 15.5. The lowest BCUT2D eigenvalue weighted by molar-refractivity contribution is 0.0844. The van der Waals surface area contributed by atoms with Crippen LogP contribution in [0.5, 0.6) is 0 Å². The molecule has 0 atom stereocenters. The Hall–Kier alpha value is -1.69. The predicted octanol–water partition coefficient (Wildman–Crippen LogP) is 2.10. The molecule has 0 aromatic carbocycles. The lowest BCUT2D eigenvalue weighted by Crippen LogP contribution is -2.41. The summed E-state index contributed by atoms with van der Waals surface area (Å²) in [7, 11) is -2.04. The largest absolute Gasteiger partial charge is 0.345 e. The van der Waals surface area contributed by atoms with Gasteiger partial charge in [0.1, 0.15) is 10.6 Å². The van der Waals surface area contributed by atoms with Gasteiger partial charge in [0.05, 0.1) is 8.66 Å². The summed E-state index contributed by atoms with van der Waals surface area (Å²) in [6.07, 6.45) is 4.11. The van der Waals surface area contributed by atoms with Crippen LogP contribution >= 0.6 is 27.3 Å². The van der Waals surface area contributed by atoms with E-state index in [1.54, 1.807) is 19.2 Å². The number of carbonyl (C=O) groups excluding carboxylic acids is 2. The quantitative estimate of drug-likeness (QED) is 0.662. The molecule has 0 saturated carbocycles. The first-order chi connectivity index (χ1) is 12.8. The average Bonchev–Trinajstić information content (AvgIpc) is 3.26. The van der Waals surface area contributed by atoms with E-state index in [0.29, 0.717) is 18.0 Å². The minimum Gasteiger partial charge on any atom is -0.345 e. The molecule has 0 radical (unpaired) electrons. The molecule has 0 bridgehead atoms. The predicted molar refractivity (Wildman–Crippen MR) is 105 cm³/mol. The zero-order valence-corrected chi connectivity index (χ0v) is 17.8. The number of hydrogen-bond acceptors (Lipinski definition) is 5. The molecule has 11 heteroatoms. The molecule has 0 unspecified atom stereocenters. The van der Waals surface area contributed by atoms with Crippen LogP contribution < -0.4 is 10.9 Å². The van der Waals surface area contributed by atoms with Gasteiger partial charge in [0.15, 0.2) is 0 Å². The summed E-state index contributed by atoms with van der Waals surface area (Å²) in [5, 5.41) is 0. The maximum atomic E-state index is 12.7. The minimum absolute atomic E-state index is 0.0746. The highest BCUT2D eigenvalue weighted by Crippen LogP contribution is 2.23. The Morgan fingerprint density at radius 1 is 1.11 bits per heavy atom. The van der Waals surface area contributed by atoms with Gasteiger partial charge in [0, 0.05) is 26.3 Å². The first-order valence-electron chi connectivity index (χ1n) is 8.31. The van der Waals surface area contributed by atoms with Gasteiger partial charge in [-0.15, -0.1) is 11.3 Å². The fraction of sp³-hybridized carbons (Fsp3) is 0.375. The molecule has 1 aliphatic rings. The van der Waals surface area contributed by atoms with E-state index in [-0.39, 0.29) is 10.6 Å². The molecule has 2 aromatic heterocycles. The van der Waals surface area contributed by atoms with Crippen molar-refractivity contribution in [3.63, 3.8) is 0 Å². The number of hydrazine groups is 1. The van der Waals surface area contributed by atoms with Crippen LogP contribution in [0, 0.1) is 0 Å². The molecule has 1 saturated heterocycles. The smallest absolute Gasteiger partial charge is 0.286 e. The first kappa shape index (κ1) is 20.1. The first-order valence-corrected chi connectivity index (χ1v) is 11.4. The van der Waals surface area contributed by atoms with E-state index in [9.17, 15) is 18.0 Å². The third-order valence-corrected chi connectivity index (χ3v) is 7.74. The van der Waals surface area contributed by atoms with E-state index >= 15 is 0 Å². The van der Waals surface area contributed by atoms with Crippen molar-refractivity contribution in [2.45, 2.75) is 24.2 Å². The summed E-state index contributed by atoms with van der Waals surface area (Å²) in [5.74, 6) is -1.05. The summed E-state index contributed by atoms with van der Waals surface area (Å²) in [6.45, 7) is 0.983. The maximum absolute atomic E-state index is 12.7. The monoisotopic (exact) mass is 474 g/mol. The van der Waals surface area contributed by atoms with Crippen LogP contribution in [-0.4, -0.2) is 42.2 Å². The minimum atomic E-state index is -3.63. The van der Waals surface area contributed by atoms with E-state index in [1.165, 1.54) is 32.5 Å². The maximum Gasteiger partial charge on any atom is 0.286 e. The van der Waals surface area contributed by atoms with Crippen LogP contribution in [0.1, 0.15) is 39.4 Å². The van der Waals surface area contributed by atoms with Gasteiger partial charge in [-0.05, 0) is 47.0 Å². The number of aromatic nitrogens is 1. The number of halogens is 1. The van der Waals surface area contributed by atoms with Gasteiger partial charge in [0.25, 0.3) is 11.8 Å². The summed E-state index contributed by atoms with van der Waals surface area (Å²) in [6, 6.07) is 4.69. The lowest BCUT2D eigenvalue weighted by atomic mass is 10.2. The highest BCUT2D eigenvalue weighted by Gasteiger charge is 2.28. The van der Waals surface area contributed by atoms with Gasteiger partial charge < -0.3 is 4.57 Å². The van der Waals surface area contributed by atoms with Gasteiger partial charge in [-0.25, -0.2) is 8.42 Å². The zero-order chi connectivity index (χ0) is 19.6. The van der Waals surface area contributed by atoms with E-state index in [2.05, 4.69) is 26.8 Å². The van der Waals surface area contributed by atoms with Crippen LogP contribution in [-0.2, 0) is 17.1 Å². The summed E-state index contributed by atoms with van der Waals surface area (Å²) in [4.78, 5) is 24.9.